The average Bonchev–Trinajstić information content (AvgIpc) is 2.72. The minimum Gasteiger partial charge on any atom is -0.494 e. The molecular weight excluding hydrogens is 210 g/mol. The molecule has 0 aliphatic carbocycles. The van der Waals surface area contributed by atoms with Crippen molar-refractivity contribution >= 4 is 12.4 Å². The van der Waals surface area contributed by atoms with Crippen LogP contribution >= 0.6 is 12.4 Å². The first kappa shape index (κ1) is 12.3. The Morgan fingerprint density at radius 1 is 1.33 bits per heavy atom. The third kappa shape index (κ3) is 3.11. The second-order valence-electron chi connectivity index (χ2n) is 3.65. The fraction of sp³-hybridized carbons (Fsp3) is 0.500. The van der Waals surface area contributed by atoms with Gasteiger partial charge in [-0.25, -0.2) is 0 Å². The van der Waals surface area contributed by atoms with Gasteiger partial charge in [-0.3, -0.25) is 0 Å². The van der Waals surface area contributed by atoms with Gasteiger partial charge in [-0.15, -0.1) is 12.4 Å². The van der Waals surface area contributed by atoms with Crippen molar-refractivity contribution in [3.63, 3.8) is 0 Å². The van der Waals surface area contributed by atoms with Crippen molar-refractivity contribution in [3.05, 3.63) is 29.8 Å². The quantitative estimate of drug-likeness (QED) is 0.858. The fourth-order valence-electron chi connectivity index (χ4n) is 1.93. The van der Waals surface area contributed by atoms with E-state index in [1.54, 1.807) is 0 Å². The van der Waals surface area contributed by atoms with Gasteiger partial charge in [0.15, 0.2) is 0 Å². The molecule has 15 heavy (non-hydrogen) atoms. The smallest absolute Gasteiger partial charge is 0.119 e. The monoisotopic (exact) mass is 227 g/mol. The van der Waals surface area contributed by atoms with Gasteiger partial charge in [0.1, 0.15) is 5.75 Å². The highest BCUT2D eigenvalue weighted by molar-refractivity contribution is 5.85. The summed E-state index contributed by atoms with van der Waals surface area (Å²) in [6, 6.07) is 8.99. The first-order valence-electron chi connectivity index (χ1n) is 5.36. The Bertz CT molecular complexity index is 280. The van der Waals surface area contributed by atoms with Crippen LogP contribution in [0, 0.1) is 0 Å². The van der Waals surface area contributed by atoms with E-state index in [1.807, 2.05) is 6.92 Å². The predicted octanol–water partition coefficient (Wildman–Crippen LogP) is 2.93. The molecule has 1 N–H and O–H groups in total. The van der Waals surface area contributed by atoms with Gasteiger partial charge in [0.2, 0.25) is 0 Å². The number of halogens is 1. The van der Waals surface area contributed by atoms with Crippen LogP contribution in [-0.2, 0) is 0 Å². The fourth-order valence-corrected chi connectivity index (χ4v) is 1.93. The molecule has 1 aromatic carbocycles. The lowest BCUT2D eigenvalue weighted by Crippen LogP contribution is -2.12. The zero-order valence-corrected chi connectivity index (χ0v) is 9.85. The van der Waals surface area contributed by atoms with Crippen LogP contribution in [-0.4, -0.2) is 13.2 Å². The van der Waals surface area contributed by atoms with E-state index in [0.717, 1.165) is 18.9 Å². The summed E-state index contributed by atoms with van der Waals surface area (Å²) in [5.41, 5.74) is 1.38. The van der Waals surface area contributed by atoms with Gasteiger partial charge < -0.3 is 10.1 Å². The van der Waals surface area contributed by atoms with Crippen LogP contribution < -0.4 is 10.1 Å². The van der Waals surface area contributed by atoms with Crippen molar-refractivity contribution in [2.45, 2.75) is 25.8 Å². The molecule has 2 nitrogen and oxygen atoms in total. The second kappa shape index (κ2) is 5.99. The molecule has 1 aliphatic heterocycles. The van der Waals surface area contributed by atoms with Crippen molar-refractivity contribution in [1.29, 1.82) is 0 Å². The molecule has 3 heteroatoms. The number of hydrogen-bond acceptors (Lipinski definition) is 2. The van der Waals surface area contributed by atoms with Gasteiger partial charge in [-0.2, -0.15) is 0 Å². The molecule has 1 heterocycles. The number of nitrogens with one attached hydrogen (secondary N) is 1. The van der Waals surface area contributed by atoms with E-state index in [2.05, 4.69) is 29.6 Å². The summed E-state index contributed by atoms with van der Waals surface area (Å²) in [4.78, 5) is 0. The van der Waals surface area contributed by atoms with E-state index in [9.17, 15) is 0 Å². The Labute approximate surface area is 97.4 Å². The van der Waals surface area contributed by atoms with Crippen LogP contribution in [0.4, 0.5) is 0 Å². The molecule has 1 aliphatic rings. The molecule has 0 saturated carbocycles. The lowest BCUT2D eigenvalue weighted by Gasteiger charge is -2.11. The Kier molecular flexibility index (Phi) is 4.92. The molecular formula is C12H18ClNO. The molecule has 0 amide bonds. The van der Waals surface area contributed by atoms with Crippen molar-refractivity contribution in [2.75, 3.05) is 13.2 Å². The minimum atomic E-state index is 0. The Morgan fingerprint density at radius 3 is 2.60 bits per heavy atom. The number of rotatable bonds is 3. The summed E-state index contributed by atoms with van der Waals surface area (Å²) in [6.07, 6.45) is 2.55. The maximum Gasteiger partial charge on any atom is 0.119 e. The van der Waals surface area contributed by atoms with E-state index in [4.69, 9.17) is 4.74 Å². The summed E-state index contributed by atoms with van der Waals surface area (Å²) < 4.78 is 5.40. The highest BCUT2D eigenvalue weighted by Gasteiger charge is 2.15. The Hall–Kier alpha value is -0.730. The largest absolute Gasteiger partial charge is 0.494 e. The van der Waals surface area contributed by atoms with Gasteiger partial charge >= 0.3 is 0 Å². The number of hydrogen-bond donors (Lipinski definition) is 1. The molecule has 1 atom stereocenters. The van der Waals surface area contributed by atoms with Crippen molar-refractivity contribution in [2.24, 2.45) is 0 Å². The third-order valence-corrected chi connectivity index (χ3v) is 2.65. The van der Waals surface area contributed by atoms with Crippen LogP contribution in [0.15, 0.2) is 24.3 Å². The zero-order valence-electron chi connectivity index (χ0n) is 9.03. The lowest BCUT2D eigenvalue weighted by molar-refractivity contribution is 0.340. The standard InChI is InChI=1S/C12H17NO.ClH/c1-2-14-11-7-5-10(6-8-11)12-4-3-9-13-12;/h5-8,12-13H,2-4,9H2,1H3;1H/t12-;/m1./s1. The zero-order chi connectivity index (χ0) is 9.80. The van der Waals surface area contributed by atoms with Crippen LogP contribution in [0.2, 0.25) is 0 Å². The molecule has 84 valence electrons. The van der Waals surface area contributed by atoms with Crippen molar-refractivity contribution in [1.82, 2.24) is 5.32 Å². The SMILES string of the molecule is CCOc1ccc([C@H]2CCCN2)cc1.Cl. The first-order valence-corrected chi connectivity index (χ1v) is 5.36. The molecule has 0 aromatic heterocycles. The van der Waals surface area contributed by atoms with E-state index >= 15 is 0 Å². The highest BCUT2D eigenvalue weighted by atomic mass is 35.5. The molecule has 1 aromatic rings. The maximum absolute atomic E-state index is 5.40. The van der Waals surface area contributed by atoms with Gasteiger partial charge in [0.25, 0.3) is 0 Å². The van der Waals surface area contributed by atoms with E-state index in [1.165, 1.54) is 18.4 Å². The van der Waals surface area contributed by atoms with Crippen LogP contribution in [0.5, 0.6) is 5.75 Å². The average molecular weight is 228 g/mol. The molecule has 0 unspecified atom stereocenters. The number of benzene rings is 1. The van der Waals surface area contributed by atoms with Crippen molar-refractivity contribution < 1.29 is 4.74 Å². The molecule has 0 spiro atoms. The molecule has 1 saturated heterocycles. The second-order valence-corrected chi connectivity index (χ2v) is 3.65. The lowest BCUT2D eigenvalue weighted by atomic mass is 10.1. The summed E-state index contributed by atoms with van der Waals surface area (Å²) in [5, 5.41) is 3.48. The van der Waals surface area contributed by atoms with Gasteiger partial charge in [0, 0.05) is 6.04 Å². The topological polar surface area (TPSA) is 21.3 Å². The Morgan fingerprint density at radius 2 is 2.07 bits per heavy atom. The summed E-state index contributed by atoms with van der Waals surface area (Å²) in [6.45, 7) is 3.89. The first-order chi connectivity index (χ1) is 6.90. The van der Waals surface area contributed by atoms with Crippen LogP contribution in [0.3, 0.4) is 0 Å². The molecule has 0 bridgehead atoms. The predicted molar refractivity (Wildman–Crippen MR) is 64.8 cm³/mol. The maximum atomic E-state index is 5.40. The highest BCUT2D eigenvalue weighted by Crippen LogP contribution is 2.24. The number of ether oxygens (including phenoxy) is 1. The van der Waals surface area contributed by atoms with Gasteiger partial charge in [-0.1, -0.05) is 12.1 Å². The van der Waals surface area contributed by atoms with Crippen molar-refractivity contribution in [3.8, 4) is 5.75 Å². The summed E-state index contributed by atoms with van der Waals surface area (Å²) >= 11 is 0. The van der Waals surface area contributed by atoms with Crippen LogP contribution in [0.1, 0.15) is 31.4 Å². The summed E-state index contributed by atoms with van der Waals surface area (Å²) in [5.74, 6) is 0.967. The molecule has 0 radical (unpaired) electrons. The summed E-state index contributed by atoms with van der Waals surface area (Å²) in [7, 11) is 0. The molecule has 1 fully saturated rings. The molecule has 2 rings (SSSR count). The van der Waals surface area contributed by atoms with E-state index < -0.39 is 0 Å². The van der Waals surface area contributed by atoms with Gasteiger partial charge in [0.05, 0.1) is 6.61 Å². The van der Waals surface area contributed by atoms with Crippen LogP contribution in [0.25, 0.3) is 0 Å². The van der Waals surface area contributed by atoms with E-state index in [-0.39, 0.29) is 12.4 Å². The van der Waals surface area contributed by atoms with E-state index in [0.29, 0.717) is 6.04 Å². The van der Waals surface area contributed by atoms with Gasteiger partial charge in [-0.05, 0) is 44.0 Å². The Balaban J connectivity index is 0.00000112. The normalized spacial score (nSPS) is 19.7. The minimum absolute atomic E-state index is 0. The third-order valence-electron chi connectivity index (χ3n) is 2.65.